The van der Waals surface area contributed by atoms with Gasteiger partial charge < -0.3 is 31.8 Å². The minimum atomic E-state index is -0.0455. The van der Waals surface area contributed by atoms with Gasteiger partial charge in [-0.25, -0.2) is 0 Å². The summed E-state index contributed by atoms with van der Waals surface area (Å²) in [5.41, 5.74) is 41.0. The first-order valence-electron chi connectivity index (χ1n) is 49.0. The molecule has 0 bridgehead atoms. The first-order valence-corrected chi connectivity index (χ1v) is 49.0. The number of rotatable bonds is 11. The van der Waals surface area contributed by atoms with Crippen LogP contribution in [-0.2, 0) is 5.41 Å². The van der Waals surface area contributed by atoms with Crippen LogP contribution in [0.25, 0.3) is 254 Å². The second kappa shape index (κ2) is 32.9. The largest absolute Gasteiger partial charge is 0.456 e. The third kappa shape index (κ3) is 13.2. The molecule has 0 amide bonds. The Morgan fingerprint density at radius 2 is 0.401 bits per heavy atom. The lowest BCUT2D eigenvalue weighted by Gasteiger charge is -2.22. The van der Waals surface area contributed by atoms with Crippen LogP contribution in [0, 0.1) is 0 Å². The van der Waals surface area contributed by atoms with E-state index in [0.29, 0.717) is 0 Å². The molecule has 0 saturated carbocycles. The first-order chi connectivity index (χ1) is 70.2. The topological polar surface area (TPSA) is 42.7 Å². The second-order valence-electron chi connectivity index (χ2n) is 38.2. The Bertz CT molecular complexity index is 9960. The van der Waals surface area contributed by atoms with E-state index in [-0.39, 0.29) is 5.41 Å². The molecule has 0 unspecified atom stereocenters. The molecule has 0 aliphatic heterocycles. The van der Waals surface area contributed by atoms with Gasteiger partial charge in [0.1, 0.15) is 11.2 Å². The summed E-state index contributed by atoms with van der Waals surface area (Å²) >= 11 is 0. The molecule has 0 fully saturated rings. The van der Waals surface area contributed by atoms with Crippen LogP contribution >= 0.6 is 0 Å². The van der Waals surface area contributed by atoms with Crippen molar-refractivity contribution in [3.63, 3.8) is 0 Å². The summed E-state index contributed by atoms with van der Waals surface area (Å²) in [6.07, 6.45) is 0. The van der Waals surface area contributed by atoms with E-state index < -0.39 is 0 Å². The Hall–Kier alpha value is -18.6. The smallest absolute Gasteiger partial charge is 0.135 e. The van der Waals surface area contributed by atoms with Crippen LogP contribution in [-0.4, -0.2) is 27.4 Å². The molecule has 29 aromatic rings. The molecule has 22 aromatic carbocycles. The fourth-order valence-corrected chi connectivity index (χ4v) is 23.3. The van der Waals surface area contributed by atoms with Crippen molar-refractivity contribution < 1.29 is 4.42 Å². The van der Waals surface area contributed by atoms with Crippen LogP contribution in [0.1, 0.15) is 25.0 Å². The van der Waals surface area contributed by atoms with Crippen LogP contribution in [0.5, 0.6) is 0 Å². The van der Waals surface area contributed by atoms with Crippen molar-refractivity contribution in [2.24, 2.45) is 0 Å². The summed E-state index contributed by atoms with van der Waals surface area (Å²) in [5.74, 6) is 0. The summed E-state index contributed by atoms with van der Waals surface area (Å²) < 4.78 is 20.5. The van der Waals surface area contributed by atoms with E-state index in [2.05, 4.69) is 539 Å². The van der Waals surface area contributed by atoms with Gasteiger partial charge in [-0.3, -0.25) is 0 Å². The number of hydrogen-bond donors (Lipinski definition) is 0. The average Bonchev–Trinajstić information content (AvgIpc) is 1.58. The zero-order chi connectivity index (χ0) is 93.8. The summed E-state index contributed by atoms with van der Waals surface area (Å²) in [6, 6.07) is 185. The van der Waals surface area contributed by atoms with Crippen molar-refractivity contribution >= 4 is 153 Å². The molecule has 0 radical (unpaired) electrons. The number of fused-ring (bicyclic) bond motifs is 24. The van der Waals surface area contributed by atoms with E-state index in [4.69, 9.17) is 4.42 Å². The number of hydrogen-bond acceptors (Lipinski definition) is 1. The van der Waals surface area contributed by atoms with E-state index in [1.165, 1.54) is 220 Å². The van der Waals surface area contributed by atoms with Crippen molar-refractivity contribution in [3.05, 3.63) is 521 Å². The third-order valence-electron chi connectivity index (χ3n) is 29.9. The van der Waals surface area contributed by atoms with Crippen LogP contribution < -0.4 is 0 Å². The number of benzene rings is 22. The van der Waals surface area contributed by atoms with E-state index >= 15 is 0 Å². The maximum atomic E-state index is 6.10. The summed E-state index contributed by atoms with van der Waals surface area (Å²) in [7, 11) is 0. The van der Waals surface area contributed by atoms with Crippen molar-refractivity contribution in [1.29, 1.82) is 0 Å². The van der Waals surface area contributed by atoms with Gasteiger partial charge in [0.25, 0.3) is 0 Å². The Labute approximate surface area is 819 Å². The van der Waals surface area contributed by atoms with E-state index in [1.807, 2.05) is 12.1 Å². The molecule has 0 saturated heterocycles. The molecule has 1 aliphatic rings. The van der Waals surface area contributed by atoms with Crippen LogP contribution in [0.3, 0.4) is 0 Å². The monoisotopic (exact) mass is 1810 g/mol. The molecule has 142 heavy (non-hydrogen) atoms. The van der Waals surface area contributed by atoms with Crippen LogP contribution in [0.4, 0.5) is 0 Å². The lowest BCUT2D eigenvalue weighted by Crippen LogP contribution is -2.15. The maximum absolute atomic E-state index is 6.10. The molecule has 7 aromatic heterocycles. The van der Waals surface area contributed by atoms with E-state index in [1.54, 1.807) is 0 Å². The minimum Gasteiger partial charge on any atom is -0.456 e. The predicted molar refractivity (Wildman–Crippen MR) is 597 cm³/mol. The van der Waals surface area contributed by atoms with Crippen molar-refractivity contribution in [2.45, 2.75) is 19.3 Å². The zero-order valence-electron chi connectivity index (χ0n) is 78.1. The lowest BCUT2D eigenvalue weighted by atomic mass is 9.82. The molecule has 666 valence electrons. The highest BCUT2D eigenvalue weighted by Gasteiger charge is 2.36. The molecule has 7 nitrogen and oxygen atoms in total. The number of nitrogens with zero attached hydrogens (tertiary/aromatic N) is 6. The highest BCUT2D eigenvalue weighted by Crippen LogP contribution is 2.51. The highest BCUT2D eigenvalue weighted by atomic mass is 16.3. The van der Waals surface area contributed by atoms with Crippen molar-refractivity contribution in [2.75, 3.05) is 0 Å². The summed E-state index contributed by atoms with van der Waals surface area (Å²) in [6.45, 7) is 4.71. The first kappa shape index (κ1) is 81.8. The molecule has 0 spiro atoms. The second-order valence-corrected chi connectivity index (χ2v) is 38.2. The normalized spacial score (nSPS) is 12.4. The Morgan fingerprint density at radius 1 is 0.141 bits per heavy atom. The zero-order valence-corrected chi connectivity index (χ0v) is 78.1. The average molecular weight is 1810 g/mol. The van der Waals surface area contributed by atoms with Gasteiger partial charge in [0, 0.05) is 115 Å². The minimum absolute atomic E-state index is 0.0455. The Kier molecular flexibility index (Phi) is 18.9. The molecule has 0 N–H and O–H groups in total. The molecule has 30 rings (SSSR count). The van der Waals surface area contributed by atoms with E-state index in [9.17, 15) is 0 Å². The molecule has 7 heterocycles. The molecule has 0 atom stereocenters. The predicted octanol–water partition coefficient (Wildman–Crippen LogP) is 36.2. The lowest BCUT2D eigenvalue weighted by molar-refractivity contribution is 0.660. The molecule has 7 heteroatoms. The standard InChI is InChI=1S/C48H32N2.C45H32N2.C42H26N2O/c1-3-13-33(14-4-1)35-17-11-19-39(29-35)49-45-23-9-7-21-41(45)43-31-37(25-27-47(43)49)38-26-28-48-44(32-38)42-22-8-10-24-46(42)50(48)40-20-12-18-36(30-40)34-15-5-2-6-16-34;1-45(2)39-17-9-6-14-33(39)34-23-22-32(28-40(34)45)47-42-19-11-8-16-36(42)38-27-30(21-25-44(38)47)29-20-24-43-37(26-29)35-15-7-10-18-41(35)46(43)31-12-4-3-5-13-31;1-2-10-29(11-3-1)43-37-15-7-4-12-31(37)33-21-20-30(26-40(33)43)44-38-16-8-5-13-32(38)35-24-27(18-22-39(35)44)28-19-23-42-36(25-28)34-14-6-9-17-41(34)45-42/h1-32H;3-28H,1-2H3;1-26H. The van der Waals surface area contributed by atoms with Gasteiger partial charge in [0.15, 0.2) is 0 Å². The number of aromatic nitrogens is 6. The fourth-order valence-electron chi connectivity index (χ4n) is 23.3. The van der Waals surface area contributed by atoms with Gasteiger partial charge in [-0.05, 0) is 266 Å². The van der Waals surface area contributed by atoms with Gasteiger partial charge >= 0.3 is 0 Å². The summed E-state index contributed by atoms with van der Waals surface area (Å²) in [5, 5.41) is 17.4. The van der Waals surface area contributed by atoms with Crippen molar-refractivity contribution in [1.82, 2.24) is 27.4 Å². The van der Waals surface area contributed by atoms with Crippen LogP contribution in [0.2, 0.25) is 0 Å². The van der Waals surface area contributed by atoms with Crippen LogP contribution in [0.15, 0.2) is 514 Å². The number of para-hydroxylation sites is 9. The van der Waals surface area contributed by atoms with Gasteiger partial charge in [0.2, 0.25) is 0 Å². The van der Waals surface area contributed by atoms with Gasteiger partial charge in [-0.2, -0.15) is 0 Å². The third-order valence-corrected chi connectivity index (χ3v) is 29.9. The van der Waals surface area contributed by atoms with E-state index in [0.717, 1.165) is 44.7 Å². The molecule has 1 aliphatic carbocycles. The SMILES string of the molecule is CC1(C)c2ccccc2-c2ccc(-n3c4ccccc4c4cc(-c5ccc6c(c5)c5ccccc5n6-c5ccccc5)ccc43)cc21.c1ccc(-c2cccc(-n3c4ccccc4c4cc(-c5ccc6c(c5)c5ccccc5n6-c5cccc(-c6ccccc6)c5)ccc43)c2)cc1.c1ccc(-n2c3ccccc3c3ccc(-n4c5ccccc5c5cc(-c6ccc7oc8ccccc8c7c6)ccc54)cc32)cc1. The number of furan rings is 1. The van der Waals surface area contributed by atoms with Gasteiger partial charge in [0.05, 0.1) is 66.2 Å². The van der Waals surface area contributed by atoms with Gasteiger partial charge in [-0.1, -0.05) is 335 Å². The highest BCUT2D eigenvalue weighted by molar-refractivity contribution is 6.18. The molecular weight excluding hydrogens is 1720 g/mol. The Morgan fingerprint density at radius 3 is 0.817 bits per heavy atom. The molecular formula is C135H90N6O. The maximum Gasteiger partial charge on any atom is 0.135 e. The quantitative estimate of drug-likeness (QED) is 0.127. The van der Waals surface area contributed by atoms with Crippen molar-refractivity contribution in [3.8, 4) is 101 Å². The Balaban J connectivity index is 0.000000104. The summed E-state index contributed by atoms with van der Waals surface area (Å²) in [4.78, 5) is 0. The van der Waals surface area contributed by atoms with Gasteiger partial charge in [-0.15, -0.1) is 0 Å². The fraction of sp³-hybridized carbons (Fsp3) is 0.0222.